The number of hydrogen-bond donors (Lipinski definition) is 2. The Bertz CT molecular complexity index is 886. The molecule has 134 valence electrons. The lowest BCUT2D eigenvalue weighted by Gasteiger charge is -2.20. The van der Waals surface area contributed by atoms with Gasteiger partial charge in [-0.1, -0.05) is 30.3 Å². The molecule has 2 N–H and O–H groups in total. The second-order valence-corrected chi connectivity index (χ2v) is 6.81. The molecule has 0 radical (unpaired) electrons. The van der Waals surface area contributed by atoms with Gasteiger partial charge in [-0.25, -0.2) is 4.79 Å². The molecule has 0 bridgehead atoms. The third-order valence-electron chi connectivity index (χ3n) is 5.03. The van der Waals surface area contributed by atoms with Crippen LogP contribution in [-0.2, 0) is 0 Å². The fraction of sp³-hybridized carbons (Fsp3) is 0.300. The van der Waals surface area contributed by atoms with E-state index >= 15 is 0 Å². The van der Waals surface area contributed by atoms with E-state index < -0.39 is 12.1 Å². The molecule has 1 aliphatic rings. The summed E-state index contributed by atoms with van der Waals surface area (Å²) in [5.74, 6) is -0.958. The van der Waals surface area contributed by atoms with Gasteiger partial charge >= 0.3 is 5.97 Å². The molecule has 6 nitrogen and oxygen atoms in total. The summed E-state index contributed by atoms with van der Waals surface area (Å²) in [6, 6.07) is 14.8. The molecule has 2 aromatic carbocycles. The molecule has 0 aliphatic carbocycles. The van der Waals surface area contributed by atoms with Crippen molar-refractivity contribution in [3.63, 3.8) is 0 Å². The van der Waals surface area contributed by atoms with Gasteiger partial charge in [0.2, 0.25) is 0 Å². The van der Waals surface area contributed by atoms with Crippen molar-refractivity contribution in [3.05, 3.63) is 65.9 Å². The number of rotatable bonds is 5. The first-order chi connectivity index (χ1) is 12.6. The highest BCUT2D eigenvalue weighted by molar-refractivity contribution is 5.87. The normalized spacial score (nSPS) is 19.0. The topological polar surface area (TPSA) is 78.6 Å². The van der Waals surface area contributed by atoms with Gasteiger partial charge < -0.3 is 10.2 Å². The molecule has 1 fully saturated rings. The number of aromatic carboxylic acids is 1. The zero-order valence-electron chi connectivity index (χ0n) is 14.3. The lowest BCUT2D eigenvalue weighted by Crippen LogP contribution is -2.27. The van der Waals surface area contributed by atoms with Gasteiger partial charge in [-0.05, 0) is 30.2 Å². The highest BCUT2D eigenvalue weighted by atomic mass is 16.4. The molecule has 4 rings (SSSR count). The van der Waals surface area contributed by atoms with E-state index in [9.17, 15) is 9.90 Å². The fourth-order valence-corrected chi connectivity index (χ4v) is 3.56. The van der Waals surface area contributed by atoms with Crippen LogP contribution in [0, 0.1) is 0 Å². The number of hydrogen-bond acceptors (Lipinski definition) is 4. The minimum absolute atomic E-state index is 0.230. The van der Waals surface area contributed by atoms with Crippen molar-refractivity contribution in [2.45, 2.75) is 18.6 Å². The first-order valence-corrected chi connectivity index (χ1v) is 8.78. The van der Waals surface area contributed by atoms with Crippen molar-refractivity contribution in [3.8, 4) is 0 Å². The highest BCUT2D eigenvalue weighted by Gasteiger charge is 2.26. The summed E-state index contributed by atoms with van der Waals surface area (Å²) < 4.78 is 2.04. The Morgan fingerprint density at radius 3 is 2.69 bits per heavy atom. The first kappa shape index (κ1) is 16.8. The molecule has 6 heteroatoms. The quantitative estimate of drug-likeness (QED) is 0.739. The molecule has 26 heavy (non-hydrogen) atoms. The van der Waals surface area contributed by atoms with E-state index in [1.807, 2.05) is 22.9 Å². The van der Waals surface area contributed by atoms with Gasteiger partial charge in [-0.3, -0.25) is 9.58 Å². The Kier molecular flexibility index (Phi) is 4.44. The number of fused-ring (bicyclic) bond motifs is 1. The summed E-state index contributed by atoms with van der Waals surface area (Å²) in [4.78, 5) is 13.1. The lowest BCUT2D eigenvalue weighted by atomic mass is 10.1. The number of carboxylic acid groups (broad SMARTS) is 1. The van der Waals surface area contributed by atoms with Crippen LogP contribution in [0.5, 0.6) is 0 Å². The standard InChI is InChI=1S/C20H21N3O3/c24-19(14-5-7-15(8-6-14)20(25)26)13-22-10-9-17(12-22)23-11-16-3-1-2-4-18(16)21-23/h1-8,11,17,19,24H,9-10,12-13H2,(H,25,26). The predicted molar refractivity (Wildman–Crippen MR) is 98.2 cm³/mol. The molecule has 2 heterocycles. The number of aliphatic hydroxyl groups excluding tert-OH is 1. The van der Waals surface area contributed by atoms with Gasteiger partial charge in [0.25, 0.3) is 0 Å². The Balaban J connectivity index is 1.39. The summed E-state index contributed by atoms with van der Waals surface area (Å²) in [6.07, 6.45) is 2.46. The maximum atomic E-state index is 10.9. The fourth-order valence-electron chi connectivity index (χ4n) is 3.56. The summed E-state index contributed by atoms with van der Waals surface area (Å²) in [5.41, 5.74) is 1.97. The van der Waals surface area contributed by atoms with Gasteiger partial charge in [0, 0.05) is 31.2 Å². The zero-order chi connectivity index (χ0) is 18.1. The highest BCUT2D eigenvalue weighted by Crippen LogP contribution is 2.25. The maximum Gasteiger partial charge on any atom is 0.335 e. The van der Waals surface area contributed by atoms with Crippen LogP contribution < -0.4 is 0 Å². The second-order valence-electron chi connectivity index (χ2n) is 6.81. The van der Waals surface area contributed by atoms with Crippen molar-refractivity contribution in [2.75, 3.05) is 19.6 Å². The number of carbonyl (C=O) groups is 1. The molecule has 1 aliphatic heterocycles. The van der Waals surface area contributed by atoms with Gasteiger partial charge in [-0.15, -0.1) is 0 Å². The van der Waals surface area contributed by atoms with E-state index in [0.717, 1.165) is 36.0 Å². The van der Waals surface area contributed by atoms with Crippen LogP contribution in [0.2, 0.25) is 0 Å². The minimum atomic E-state index is -0.958. The average Bonchev–Trinajstić information content (AvgIpc) is 3.28. The molecule has 2 atom stereocenters. The van der Waals surface area contributed by atoms with Crippen LogP contribution in [0.1, 0.15) is 34.5 Å². The van der Waals surface area contributed by atoms with Crippen LogP contribution in [0.25, 0.3) is 10.9 Å². The molecule has 2 unspecified atom stereocenters. The lowest BCUT2D eigenvalue weighted by molar-refractivity contribution is 0.0696. The van der Waals surface area contributed by atoms with Gasteiger partial charge in [-0.2, -0.15) is 5.10 Å². The molecule has 0 amide bonds. The Morgan fingerprint density at radius 2 is 1.96 bits per heavy atom. The van der Waals surface area contributed by atoms with Gasteiger partial charge in [0.05, 0.1) is 23.2 Å². The second kappa shape index (κ2) is 6.90. The Labute approximate surface area is 151 Å². The largest absolute Gasteiger partial charge is 0.478 e. The molecule has 1 saturated heterocycles. The van der Waals surface area contributed by atoms with Crippen molar-refractivity contribution in [1.29, 1.82) is 0 Å². The SMILES string of the molecule is O=C(O)c1ccc(C(O)CN2CCC(n3cc4ccccc4n3)C2)cc1. The third-order valence-corrected chi connectivity index (χ3v) is 5.03. The van der Waals surface area contributed by atoms with E-state index in [-0.39, 0.29) is 5.56 Å². The van der Waals surface area contributed by atoms with Crippen LogP contribution in [0.4, 0.5) is 0 Å². The number of β-amino-alcohol motifs (C(OH)–C–C–N with tert-alkyl or cyclic N) is 1. The summed E-state index contributed by atoms with van der Waals surface area (Å²) in [6.45, 7) is 2.28. The van der Waals surface area contributed by atoms with Crippen LogP contribution in [0.15, 0.2) is 54.7 Å². The van der Waals surface area contributed by atoms with Crippen molar-refractivity contribution in [2.24, 2.45) is 0 Å². The van der Waals surface area contributed by atoms with Crippen LogP contribution in [0.3, 0.4) is 0 Å². The Morgan fingerprint density at radius 1 is 1.19 bits per heavy atom. The van der Waals surface area contributed by atoms with Crippen molar-refractivity contribution >= 4 is 16.9 Å². The van der Waals surface area contributed by atoms with Crippen molar-refractivity contribution < 1.29 is 15.0 Å². The average molecular weight is 351 g/mol. The van der Waals surface area contributed by atoms with E-state index in [2.05, 4.69) is 22.3 Å². The number of aliphatic hydroxyl groups is 1. The van der Waals surface area contributed by atoms with Crippen LogP contribution >= 0.6 is 0 Å². The first-order valence-electron chi connectivity index (χ1n) is 8.78. The number of likely N-dealkylation sites (tertiary alicyclic amines) is 1. The molecule has 0 spiro atoms. The number of carboxylic acids is 1. The summed E-state index contributed by atoms with van der Waals surface area (Å²) in [7, 11) is 0. The van der Waals surface area contributed by atoms with Crippen molar-refractivity contribution in [1.82, 2.24) is 14.7 Å². The Hall–Kier alpha value is -2.70. The molecule has 0 saturated carbocycles. The van der Waals surface area contributed by atoms with E-state index in [0.29, 0.717) is 12.6 Å². The van der Waals surface area contributed by atoms with Gasteiger partial charge in [0.1, 0.15) is 0 Å². The van der Waals surface area contributed by atoms with E-state index in [1.54, 1.807) is 12.1 Å². The number of benzene rings is 2. The zero-order valence-corrected chi connectivity index (χ0v) is 14.3. The maximum absolute atomic E-state index is 10.9. The number of aromatic nitrogens is 2. The van der Waals surface area contributed by atoms with Crippen LogP contribution in [-0.4, -0.2) is 50.5 Å². The minimum Gasteiger partial charge on any atom is -0.478 e. The predicted octanol–water partition coefficient (Wildman–Crippen LogP) is 2.71. The molecule has 1 aromatic heterocycles. The summed E-state index contributed by atoms with van der Waals surface area (Å²) in [5, 5.41) is 25.2. The third kappa shape index (κ3) is 3.34. The molecule has 3 aromatic rings. The van der Waals surface area contributed by atoms with Gasteiger partial charge in [0.15, 0.2) is 0 Å². The summed E-state index contributed by atoms with van der Waals surface area (Å²) >= 11 is 0. The monoisotopic (exact) mass is 351 g/mol. The molecular formula is C20H21N3O3. The van der Waals surface area contributed by atoms with E-state index in [1.165, 1.54) is 12.1 Å². The van der Waals surface area contributed by atoms with E-state index in [4.69, 9.17) is 5.11 Å². The molecular weight excluding hydrogens is 330 g/mol. The smallest absolute Gasteiger partial charge is 0.335 e. The number of nitrogens with zero attached hydrogens (tertiary/aromatic N) is 3.